The number of hydrogen-bond donors (Lipinski definition) is 1. The first-order chi connectivity index (χ1) is 7.74. The molecule has 3 aliphatic heterocycles. The molecular weight excluding hydrogens is 206 g/mol. The first kappa shape index (κ1) is 9.57. The molecule has 1 amide bonds. The lowest BCUT2D eigenvalue weighted by Crippen LogP contribution is -2.54. The molecule has 16 heavy (non-hydrogen) atoms. The van der Waals surface area contributed by atoms with Gasteiger partial charge in [0.2, 0.25) is 5.91 Å². The van der Waals surface area contributed by atoms with Crippen LogP contribution >= 0.6 is 0 Å². The Hall–Kier alpha value is -1.65. The van der Waals surface area contributed by atoms with Crippen molar-refractivity contribution >= 4 is 5.91 Å². The summed E-state index contributed by atoms with van der Waals surface area (Å²) in [5.41, 5.74) is 6.04. The van der Waals surface area contributed by atoms with E-state index in [9.17, 15) is 4.79 Å². The van der Waals surface area contributed by atoms with Gasteiger partial charge in [-0.1, -0.05) is 0 Å². The Balaban J connectivity index is 1.79. The van der Waals surface area contributed by atoms with Crippen molar-refractivity contribution in [1.29, 1.82) is 0 Å². The molecule has 2 N–H and O–H groups in total. The van der Waals surface area contributed by atoms with Crippen molar-refractivity contribution in [2.24, 2.45) is 5.73 Å². The highest BCUT2D eigenvalue weighted by molar-refractivity contribution is 5.91. The normalized spacial score (nSPS) is 31.6. The fourth-order valence-corrected chi connectivity index (χ4v) is 2.57. The number of ether oxygens (including phenoxy) is 1. The van der Waals surface area contributed by atoms with Crippen LogP contribution in [0, 0.1) is 0 Å². The molecule has 3 heterocycles. The SMILES string of the molecule is NC(=O)C1=CN2CC3OC=CN3CC2CC1. The van der Waals surface area contributed by atoms with Crippen LogP contribution in [0.1, 0.15) is 12.8 Å². The van der Waals surface area contributed by atoms with Gasteiger partial charge in [0.25, 0.3) is 0 Å². The van der Waals surface area contributed by atoms with E-state index < -0.39 is 0 Å². The van der Waals surface area contributed by atoms with E-state index in [0.29, 0.717) is 6.04 Å². The highest BCUT2D eigenvalue weighted by Gasteiger charge is 2.35. The zero-order chi connectivity index (χ0) is 11.1. The summed E-state index contributed by atoms with van der Waals surface area (Å²) in [4.78, 5) is 15.5. The lowest BCUT2D eigenvalue weighted by molar-refractivity contribution is -0.115. The maximum atomic E-state index is 11.1. The van der Waals surface area contributed by atoms with Gasteiger partial charge in [0.1, 0.15) is 6.26 Å². The molecule has 0 aromatic heterocycles. The van der Waals surface area contributed by atoms with Crippen LogP contribution in [0.2, 0.25) is 0 Å². The molecular formula is C11H15N3O2. The predicted molar refractivity (Wildman–Crippen MR) is 57.7 cm³/mol. The van der Waals surface area contributed by atoms with Gasteiger partial charge in [-0.3, -0.25) is 4.79 Å². The Bertz CT molecular complexity index is 377. The van der Waals surface area contributed by atoms with Gasteiger partial charge < -0.3 is 20.3 Å². The second kappa shape index (κ2) is 3.43. The molecule has 0 saturated carbocycles. The maximum absolute atomic E-state index is 11.1. The number of fused-ring (bicyclic) bond motifs is 2. The monoisotopic (exact) mass is 221 g/mol. The number of amides is 1. The molecule has 0 spiro atoms. The summed E-state index contributed by atoms with van der Waals surface area (Å²) in [6, 6.07) is 0.477. The number of primary amides is 1. The average molecular weight is 221 g/mol. The quantitative estimate of drug-likeness (QED) is 0.675. The molecule has 0 aromatic carbocycles. The first-order valence-electron chi connectivity index (χ1n) is 5.58. The number of piperazine rings is 1. The largest absolute Gasteiger partial charge is 0.475 e. The van der Waals surface area contributed by atoms with E-state index in [1.165, 1.54) is 0 Å². The number of rotatable bonds is 1. The molecule has 0 aromatic rings. The summed E-state index contributed by atoms with van der Waals surface area (Å²) in [6.07, 6.45) is 7.53. The minimum atomic E-state index is -0.300. The molecule has 3 aliphatic rings. The van der Waals surface area contributed by atoms with E-state index in [4.69, 9.17) is 10.5 Å². The van der Waals surface area contributed by atoms with Gasteiger partial charge in [0.15, 0.2) is 6.23 Å². The summed E-state index contributed by atoms with van der Waals surface area (Å²) in [7, 11) is 0. The maximum Gasteiger partial charge on any atom is 0.246 e. The van der Waals surface area contributed by atoms with Gasteiger partial charge in [-0.2, -0.15) is 0 Å². The van der Waals surface area contributed by atoms with Gasteiger partial charge in [0, 0.05) is 30.6 Å². The summed E-state index contributed by atoms with van der Waals surface area (Å²) >= 11 is 0. The van der Waals surface area contributed by atoms with Gasteiger partial charge in [0.05, 0.1) is 6.54 Å². The molecule has 5 heteroatoms. The number of carbonyl (C=O) groups is 1. The Morgan fingerprint density at radius 2 is 2.31 bits per heavy atom. The van der Waals surface area contributed by atoms with Crippen LogP contribution in [0.4, 0.5) is 0 Å². The van der Waals surface area contributed by atoms with Crippen LogP contribution in [-0.4, -0.2) is 41.1 Å². The van der Waals surface area contributed by atoms with Gasteiger partial charge in [-0.25, -0.2) is 0 Å². The number of nitrogens with zero attached hydrogens (tertiary/aromatic N) is 2. The second-order valence-electron chi connectivity index (χ2n) is 4.48. The average Bonchev–Trinajstić information content (AvgIpc) is 2.71. The molecule has 2 unspecified atom stereocenters. The van der Waals surface area contributed by atoms with Crippen LogP contribution in [0.5, 0.6) is 0 Å². The van der Waals surface area contributed by atoms with E-state index in [-0.39, 0.29) is 12.1 Å². The number of hydrogen-bond acceptors (Lipinski definition) is 4. The fraction of sp³-hybridized carbons (Fsp3) is 0.545. The number of nitrogens with two attached hydrogens (primary N) is 1. The smallest absolute Gasteiger partial charge is 0.246 e. The molecule has 0 aliphatic carbocycles. The van der Waals surface area contributed by atoms with Crippen LogP contribution < -0.4 is 5.73 Å². The van der Waals surface area contributed by atoms with E-state index in [0.717, 1.165) is 31.5 Å². The molecule has 5 nitrogen and oxygen atoms in total. The minimum absolute atomic E-state index is 0.0970. The van der Waals surface area contributed by atoms with Gasteiger partial charge in [-0.05, 0) is 12.8 Å². The molecule has 0 radical (unpaired) electrons. The molecule has 3 rings (SSSR count). The van der Waals surface area contributed by atoms with E-state index >= 15 is 0 Å². The zero-order valence-electron chi connectivity index (χ0n) is 9.00. The fourth-order valence-electron chi connectivity index (χ4n) is 2.57. The van der Waals surface area contributed by atoms with Crippen molar-refractivity contribution < 1.29 is 9.53 Å². The van der Waals surface area contributed by atoms with Crippen molar-refractivity contribution in [3.63, 3.8) is 0 Å². The highest BCUT2D eigenvalue weighted by Crippen LogP contribution is 2.28. The van der Waals surface area contributed by atoms with Gasteiger partial charge >= 0.3 is 0 Å². The van der Waals surface area contributed by atoms with E-state index in [1.54, 1.807) is 6.26 Å². The molecule has 1 fully saturated rings. The van der Waals surface area contributed by atoms with Crippen molar-refractivity contribution in [3.05, 3.63) is 24.2 Å². The molecule has 1 saturated heterocycles. The Kier molecular flexibility index (Phi) is 2.05. The van der Waals surface area contributed by atoms with Crippen LogP contribution in [-0.2, 0) is 9.53 Å². The van der Waals surface area contributed by atoms with Crippen LogP contribution in [0.15, 0.2) is 24.2 Å². The highest BCUT2D eigenvalue weighted by atomic mass is 16.5. The third kappa shape index (κ3) is 1.43. The minimum Gasteiger partial charge on any atom is -0.475 e. The zero-order valence-corrected chi connectivity index (χ0v) is 9.00. The van der Waals surface area contributed by atoms with Gasteiger partial charge in [-0.15, -0.1) is 0 Å². The lowest BCUT2D eigenvalue weighted by Gasteiger charge is -2.44. The standard InChI is InChI=1S/C11H15N3O2/c12-11(15)8-1-2-9-6-13-3-4-16-10(13)7-14(9)5-8/h3-5,9-10H,1-2,6-7H2,(H2,12,15). The summed E-state index contributed by atoms with van der Waals surface area (Å²) < 4.78 is 5.46. The molecule has 0 bridgehead atoms. The second-order valence-corrected chi connectivity index (χ2v) is 4.48. The van der Waals surface area contributed by atoms with E-state index in [2.05, 4.69) is 9.80 Å². The third-order valence-corrected chi connectivity index (χ3v) is 3.50. The summed E-state index contributed by atoms with van der Waals surface area (Å²) in [5.74, 6) is -0.300. The number of carbonyl (C=O) groups excluding carboxylic acids is 1. The van der Waals surface area contributed by atoms with Crippen LogP contribution in [0.25, 0.3) is 0 Å². The Morgan fingerprint density at radius 1 is 1.44 bits per heavy atom. The summed E-state index contributed by atoms with van der Waals surface area (Å²) in [6.45, 7) is 1.76. The predicted octanol–water partition coefficient (Wildman–Crippen LogP) is -0.0369. The van der Waals surface area contributed by atoms with Crippen molar-refractivity contribution in [3.8, 4) is 0 Å². The van der Waals surface area contributed by atoms with Crippen LogP contribution in [0.3, 0.4) is 0 Å². The third-order valence-electron chi connectivity index (χ3n) is 3.50. The lowest BCUT2D eigenvalue weighted by atomic mass is 9.97. The Morgan fingerprint density at radius 3 is 3.12 bits per heavy atom. The molecule has 86 valence electrons. The first-order valence-corrected chi connectivity index (χ1v) is 5.58. The van der Waals surface area contributed by atoms with E-state index in [1.807, 2.05) is 12.4 Å². The van der Waals surface area contributed by atoms with Crippen molar-refractivity contribution in [1.82, 2.24) is 9.80 Å². The topological polar surface area (TPSA) is 58.8 Å². The Labute approximate surface area is 94.1 Å². The summed E-state index contributed by atoms with van der Waals surface area (Å²) in [5, 5.41) is 0. The molecule has 2 atom stereocenters. The van der Waals surface area contributed by atoms with Crippen molar-refractivity contribution in [2.45, 2.75) is 25.1 Å². The van der Waals surface area contributed by atoms with Crippen molar-refractivity contribution in [2.75, 3.05) is 13.1 Å².